The third kappa shape index (κ3) is 2.77. The van der Waals surface area contributed by atoms with Gasteiger partial charge in [0.15, 0.2) is 0 Å². The van der Waals surface area contributed by atoms with Gasteiger partial charge in [-0.2, -0.15) is 0 Å². The van der Waals surface area contributed by atoms with Crippen molar-refractivity contribution in [1.29, 1.82) is 0 Å². The number of carbonyl (C=O) groups excluding carboxylic acids is 1. The maximum absolute atomic E-state index is 12.8. The largest absolute Gasteiger partial charge is 0.341 e. The minimum absolute atomic E-state index is 0.0940. The second-order valence-corrected chi connectivity index (χ2v) is 7.19. The van der Waals surface area contributed by atoms with Crippen LogP contribution in [0.2, 0.25) is 0 Å². The van der Waals surface area contributed by atoms with E-state index in [1.807, 2.05) is 13.8 Å². The first-order valence-electron chi connectivity index (χ1n) is 7.78. The quantitative estimate of drug-likeness (QED) is 0.561. The number of hydrogen-bond donors (Lipinski definition) is 0. The predicted octanol–water partition coefficient (Wildman–Crippen LogP) is 2.07. The van der Waals surface area contributed by atoms with Crippen LogP contribution in [0.15, 0.2) is 29.2 Å². The van der Waals surface area contributed by atoms with E-state index in [9.17, 15) is 13.2 Å². The van der Waals surface area contributed by atoms with Crippen LogP contribution in [-0.4, -0.2) is 43.7 Å². The van der Waals surface area contributed by atoms with Crippen molar-refractivity contribution in [3.63, 3.8) is 0 Å². The summed E-state index contributed by atoms with van der Waals surface area (Å²) >= 11 is 0. The van der Waals surface area contributed by atoms with Crippen LogP contribution in [0.25, 0.3) is 0 Å². The summed E-state index contributed by atoms with van der Waals surface area (Å²) in [5.41, 5.74) is 0.948. The molecule has 23 heavy (non-hydrogen) atoms. The molecule has 0 saturated carbocycles. The van der Waals surface area contributed by atoms with Gasteiger partial charge >= 0.3 is 0 Å². The second-order valence-electron chi connectivity index (χ2n) is 5.38. The van der Waals surface area contributed by atoms with Gasteiger partial charge in [0.1, 0.15) is 6.04 Å². The van der Waals surface area contributed by atoms with E-state index in [1.54, 1.807) is 26.0 Å². The number of hydrogen-bond acceptors (Lipinski definition) is 5. The molecule has 1 fully saturated rings. The Labute approximate surface area is 137 Å². The highest BCUT2D eigenvalue weighted by atomic mass is 32.2. The first-order valence-corrected chi connectivity index (χ1v) is 9.22. The number of carbonyl (C=O) groups is 1. The summed E-state index contributed by atoms with van der Waals surface area (Å²) in [6, 6.07) is 5.76. The zero-order valence-corrected chi connectivity index (χ0v) is 14.7. The summed E-state index contributed by atoms with van der Waals surface area (Å²) in [5.74, 6) is -2.15. The molecule has 1 aliphatic rings. The zero-order valence-electron chi connectivity index (χ0n) is 13.9. The van der Waals surface area contributed by atoms with Crippen LogP contribution in [0.4, 0.5) is 0 Å². The molecule has 0 aliphatic carbocycles. The monoisotopic (exact) mass is 341 g/mol. The van der Waals surface area contributed by atoms with E-state index in [-0.39, 0.29) is 18.1 Å². The summed E-state index contributed by atoms with van der Waals surface area (Å²) in [5, 5.41) is 0. The number of amides is 1. The Morgan fingerprint density at radius 2 is 1.61 bits per heavy atom. The molecule has 1 amide bonds. The fraction of sp³-hybridized carbons (Fsp3) is 0.562. The van der Waals surface area contributed by atoms with Gasteiger partial charge in [0.25, 0.3) is 21.7 Å². The molecule has 1 aromatic rings. The minimum atomic E-state index is -3.91. The lowest BCUT2D eigenvalue weighted by Crippen LogP contribution is -2.76. The smallest absolute Gasteiger partial charge is 0.299 e. The third-order valence-corrected chi connectivity index (χ3v) is 5.71. The van der Waals surface area contributed by atoms with Crippen molar-refractivity contribution in [2.75, 3.05) is 13.2 Å². The van der Waals surface area contributed by atoms with Gasteiger partial charge in [-0.15, -0.1) is 0 Å². The van der Waals surface area contributed by atoms with Crippen LogP contribution in [0.5, 0.6) is 0 Å². The highest BCUT2D eigenvalue weighted by molar-refractivity contribution is 7.89. The number of rotatable bonds is 7. The number of β-lactam (4-membered cyclic amide) rings is 1. The lowest BCUT2D eigenvalue weighted by molar-refractivity contribution is -0.284. The Bertz CT molecular complexity index is 662. The van der Waals surface area contributed by atoms with E-state index < -0.39 is 27.8 Å². The Hall–Kier alpha value is -1.44. The minimum Gasteiger partial charge on any atom is -0.341 e. The molecule has 6 nitrogen and oxygen atoms in total. The van der Waals surface area contributed by atoms with Gasteiger partial charge in [-0.1, -0.05) is 24.6 Å². The number of aryl methyl sites for hydroxylation is 1. The van der Waals surface area contributed by atoms with Gasteiger partial charge < -0.3 is 9.47 Å². The highest BCUT2D eigenvalue weighted by Crippen LogP contribution is 2.41. The van der Waals surface area contributed by atoms with Crippen LogP contribution in [0.3, 0.4) is 0 Å². The van der Waals surface area contributed by atoms with Gasteiger partial charge in [0.2, 0.25) is 0 Å². The van der Waals surface area contributed by atoms with Gasteiger partial charge in [0.05, 0.1) is 4.90 Å². The van der Waals surface area contributed by atoms with Gasteiger partial charge in [-0.25, -0.2) is 12.7 Å². The molecule has 7 heteroatoms. The van der Waals surface area contributed by atoms with Crippen LogP contribution < -0.4 is 0 Å². The molecule has 0 N–H and O–H groups in total. The summed E-state index contributed by atoms with van der Waals surface area (Å²) in [7, 11) is -3.91. The first-order chi connectivity index (χ1) is 10.8. The van der Waals surface area contributed by atoms with Crippen LogP contribution in [0, 0.1) is 6.92 Å². The molecule has 1 heterocycles. The Kier molecular flexibility index (Phi) is 5.13. The van der Waals surface area contributed by atoms with Crippen molar-refractivity contribution in [2.24, 2.45) is 0 Å². The van der Waals surface area contributed by atoms with Gasteiger partial charge in [-0.3, -0.25) is 4.79 Å². The number of nitrogens with zero attached hydrogens (tertiary/aromatic N) is 1. The molecule has 1 aromatic carbocycles. The summed E-state index contributed by atoms with van der Waals surface area (Å²) in [6.45, 7) is 7.70. The van der Waals surface area contributed by atoms with E-state index in [0.29, 0.717) is 6.42 Å². The molecule has 1 saturated heterocycles. The van der Waals surface area contributed by atoms with E-state index in [0.717, 1.165) is 9.87 Å². The number of benzene rings is 1. The molecule has 2 rings (SSSR count). The van der Waals surface area contributed by atoms with Crippen molar-refractivity contribution in [3.8, 4) is 0 Å². The fourth-order valence-corrected chi connectivity index (χ4v) is 4.52. The molecule has 1 aliphatic heterocycles. The number of ether oxygens (including phenoxy) is 2. The van der Waals surface area contributed by atoms with Crippen LogP contribution in [-0.2, 0) is 24.3 Å². The molecular weight excluding hydrogens is 318 g/mol. The van der Waals surface area contributed by atoms with Crippen molar-refractivity contribution in [1.82, 2.24) is 4.31 Å². The Balaban J connectivity index is 2.40. The zero-order chi connectivity index (χ0) is 17.3. The van der Waals surface area contributed by atoms with Crippen molar-refractivity contribution in [2.45, 2.75) is 50.8 Å². The molecule has 1 atom stereocenters. The Morgan fingerprint density at radius 3 is 2.04 bits per heavy atom. The predicted molar refractivity (Wildman–Crippen MR) is 85.3 cm³/mol. The summed E-state index contributed by atoms with van der Waals surface area (Å²) in [4.78, 5) is 12.7. The molecule has 128 valence electrons. The first kappa shape index (κ1) is 17.9. The maximum atomic E-state index is 12.8. The summed E-state index contributed by atoms with van der Waals surface area (Å²) < 4.78 is 37.5. The highest BCUT2D eigenvalue weighted by Gasteiger charge is 2.66. The van der Waals surface area contributed by atoms with E-state index in [2.05, 4.69) is 0 Å². The SMILES string of the molecule is CCOC1(OCC)C(=O)N(S(=O)(=O)c2ccc(C)cc2)C1CC. The molecule has 0 bridgehead atoms. The average Bonchev–Trinajstić information content (AvgIpc) is 2.51. The normalized spacial score (nSPS) is 20.4. The topological polar surface area (TPSA) is 72.9 Å². The van der Waals surface area contributed by atoms with Crippen molar-refractivity contribution >= 4 is 15.9 Å². The fourth-order valence-electron chi connectivity index (χ4n) is 2.85. The maximum Gasteiger partial charge on any atom is 0.299 e. The van der Waals surface area contributed by atoms with Crippen LogP contribution in [0.1, 0.15) is 32.8 Å². The van der Waals surface area contributed by atoms with Gasteiger partial charge in [0, 0.05) is 13.2 Å². The average molecular weight is 341 g/mol. The van der Waals surface area contributed by atoms with Crippen LogP contribution >= 0.6 is 0 Å². The third-order valence-electron chi connectivity index (χ3n) is 3.90. The Morgan fingerprint density at radius 1 is 1.09 bits per heavy atom. The van der Waals surface area contributed by atoms with Crippen molar-refractivity contribution in [3.05, 3.63) is 29.8 Å². The second kappa shape index (κ2) is 6.59. The molecular formula is C16H23NO5S. The lowest BCUT2D eigenvalue weighted by atomic mass is 9.94. The molecule has 0 spiro atoms. The summed E-state index contributed by atoms with van der Waals surface area (Å²) in [6.07, 6.45) is 0.414. The number of sulfonamides is 1. The van der Waals surface area contributed by atoms with E-state index in [1.165, 1.54) is 12.1 Å². The van der Waals surface area contributed by atoms with Gasteiger partial charge in [-0.05, 0) is 39.3 Å². The molecule has 0 aromatic heterocycles. The van der Waals surface area contributed by atoms with Crippen molar-refractivity contribution < 1.29 is 22.7 Å². The van der Waals surface area contributed by atoms with E-state index in [4.69, 9.17) is 9.47 Å². The molecule has 0 radical (unpaired) electrons. The molecule has 1 unspecified atom stereocenters. The lowest BCUT2D eigenvalue weighted by Gasteiger charge is -2.52. The standard InChI is InChI=1S/C16H23NO5S/c1-5-14-16(21-6-2,22-7-3)15(18)17(14)23(19,20)13-10-8-12(4)9-11-13/h8-11,14H,5-7H2,1-4H3. The van der Waals surface area contributed by atoms with E-state index >= 15 is 0 Å².